The molecule has 0 unspecified atom stereocenters. The van der Waals surface area contributed by atoms with Gasteiger partial charge in [0.1, 0.15) is 11.6 Å². The standard InChI is InChI=1S/C34H45N3O5/c1-10-19-36-29(39)25-26(30(36)40)34(20-21(2)3,31(41)42-33(7,8)9)37(27(25)24-13-11-12-18-35-24)28(38)22-14-16-23(17-15-22)32(4,5)6/h11-18,21,27,39-40H,10,19-20H2,1-9H3/t27-,34-/m0/s1. The lowest BCUT2D eigenvalue weighted by Crippen LogP contribution is -2.55. The third-order valence-corrected chi connectivity index (χ3v) is 7.67. The molecule has 4 rings (SSSR count). The van der Waals surface area contributed by atoms with Crippen LogP contribution in [0.15, 0.2) is 48.7 Å². The van der Waals surface area contributed by atoms with Crippen LogP contribution >= 0.6 is 0 Å². The number of carbonyl (C=O) groups excluding carboxylic acids is 2. The van der Waals surface area contributed by atoms with Gasteiger partial charge in [0.2, 0.25) is 5.88 Å². The fourth-order valence-electron chi connectivity index (χ4n) is 5.98. The zero-order chi connectivity index (χ0) is 31.2. The number of benzene rings is 1. The summed E-state index contributed by atoms with van der Waals surface area (Å²) in [5.74, 6) is -1.60. The minimum atomic E-state index is -1.74. The van der Waals surface area contributed by atoms with Gasteiger partial charge < -0.3 is 19.8 Å². The minimum Gasteiger partial charge on any atom is -0.494 e. The first-order chi connectivity index (χ1) is 19.5. The maximum absolute atomic E-state index is 14.8. The van der Waals surface area contributed by atoms with Crippen molar-refractivity contribution in [1.82, 2.24) is 14.5 Å². The highest BCUT2D eigenvalue weighted by Crippen LogP contribution is 2.59. The number of carbonyl (C=O) groups is 2. The van der Waals surface area contributed by atoms with E-state index in [1.165, 1.54) is 9.47 Å². The van der Waals surface area contributed by atoms with Crippen molar-refractivity contribution in [2.45, 2.75) is 104 Å². The Hall–Kier alpha value is -3.81. The molecule has 2 N–H and O–H groups in total. The van der Waals surface area contributed by atoms with E-state index in [1.54, 1.807) is 57.3 Å². The van der Waals surface area contributed by atoms with E-state index in [9.17, 15) is 19.8 Å². The van der Waals surface area contributed by atoms with Crippen LogP contribution in [0.2, 0.25) is 0 Å². The maximum Gasteiger partial charge on any atom is 0.337 e. The van der Waals surface area contributed by atoms with Gasteiger partial charge in [0.25, 0.3) is 5.91 Å². The minimum absolute atomic E-state index is 0.0949. The molecule has 2 aromatic heterocycles. The number of amides is 1. The Balaban J connectivity index is 2.09. The van der Waals surface area contributed by atoms with E-state index < -0.39 is 29.1 Å². The zero-order valence-corrected chi connectivity index (χ0v) is 26.4. The fraction of sp³-hybridized carbons (Fsp3) is 0.500. The maximum atomic E-state index is 14.8. The van der Waals surface area contributed by atoms with Crippen molar-refractivity contribution in [1.29, 1.82) is 0 Å². The van der Waals surface area contributed by atoms with Crippen LogP contribution in [-0.2, 0) is 27.0 Å². The van der Waals surface area contributed by atoms with Gasteiger partial charge >= 0.3 is 5.97 Å². The number of aromatic nitrogens is 2. The molecule has 0 bridgehead atoms. The molecule has 3 aromatic rings. The molecular formula is C34H45N3O5. The number of ether oxygens (including phenoxy) is 1. The molecule has 0 radical (unpaired) electrons. The summed E-state index contributed by atoms with van der Waals surface area (Å²) in [5.41, 5.74) is -0.317. The molecule has 42 heavy (non-hydrogen) atoms. The number of esters is 1. The van der Waals surface area contributed by atoms with E-state index in [0.717, 1.165) is 5.56 Å². The monoisotopic (exact) mass is 575 g/mol. The Labute approximate surface area is 249 Å². The van der Waals surface area contributed by atoms with Gasteiger partial charge in [-0.2, -0.15) is 0 Å². The second-order valence-corrected chi connectivity index (χ2v) is 13.7. The predicted molar refractivity (Wildman–Crippen MR) is 162 cm³/mol. The van der Waals surface area contributed by atoms with Crippen molar-refractivity contribution < 1.29 is 24.5 Å². The van der Waals surface area contributed by atoms with Gasteiger partial charge in [0.05, 0.1) is 16.8 Å². The normalized spacial score (nSPS) is 18.8. The number of hydrogen-bond acceptors (Lipinski definition) is 6. The first-order valence-corrected chi connectivity index (χ1v) is 14.8. The summed E-state index contributed by atoms with van der Waals surface area (Å²) in [4.78, 5) is 35.4. The number of rotatable bonds is 7. The number of fused-ring (bicyclic) bond motifs is 1. The van der Waals surface area contributed by atoms with Crippen molar-refractivity contribution in [3.63, 3.8) is 0 Å². The molecule has 2 atom stereocenters. The molecule has 1 aliphatic heterocycles. The number of nitrogens with zero attached hydrogens (tertiary/aromatic N) is 3. The summed E-state index contributed by atoms with van der Waals surface area (Å²) in [7, 11) is 0. The Morgan fingerprint density at radius 2 is 1.64 bits per heavy atom. The Bertz CT molecular complexity index is 1450. The van der Waals surface area contributed by atoms with E-state index in [0.29, 0.717) is 29.8 Å². The molecule has 8 nitrogen and oxygen atoms in total. The van der Waals surface area contributed by atoms with E-state index in [1.807, 2.05) is 32.9 Å². The van der Waals surface area contributed by atoms with E-state index in [-0.39, 0.29) is 35.1 Å². The van der Waals surface area contributed by atoms with Gasteiger partial charge in [-0.05, 0) is 74.8 Å². The highest BCUT2D eigenvalue weighted by atomic mass is 16.6. The SMILES string of the molecule is CCCn1c(O)c2c(c1O)[C@@](CC(C)C)(C(=O)OC(C)(C)C)N(C(=O)c1ccc(C(C)(C)C)cc1)[C@H]2c1ccccn1. The third kappa shape index (κ3) is 5.39. The quantitative estimate of drug-likeness (QED) is 0.299. The predicted octanol–water partition coefficient (Wildman–Crippen LogP) is 6.83. The first kappa shape index (κ1) is 31.1. The van der Waals surface area contributed by atoms with Crippen molar-refractivity contribution in [3.05, 3.63) is 76.6 Å². The van der Waals surface area contributed by atoms with Crippen LogP contribution in [0.25, 0.3) is 0 Å². The lowest BCUT2D eigenvalue weighted by atomic mass is 9.82. The molecule has 8 heteroatoms. The highest BCUT2D eigenvalue weighted by molar-refractivity contribution is 6.01. The number of pyridine rings is 1. The van der Waals surface area contributed by atoms with Crippen LogP contribution < -0.4 is 0 Å². The van der Waals surface area contributed by atoms with Crippen molar-refractivity contribution in [2.24, 2.45) is 5.92 Å². The zero-order valence-electron chi connectivity index (χ0n) is 26.4. The molecule has 0 saturated carbocycles. The van der Waals surface area contributed by atoms with Gasteiger partial charge in [-0.1, -0.05) is 59.7 Å². The molecule has 0 spiro atoms. The summed E-state index contributed by atoms with van der Waals surface area (Å²) in [6.45, 7) is 17.8. The Morgan fingerprint density at radius 3 is 2.14 bits per heavy atom. The summed E-state index contributed by atoms with van der Waals surface area (Å²) < 4.78 is 7.47. The topological polar surface area (TPSA) is 105 Å². The van der Waals surface area contributed by atoms with Crippen LogP contribution in [0.1, 0.15) is 114 Å². The molecule has 3 heterocycles. The highest BCUT2D eigenvalue weighted by Gasteiger charge is 2.63. The molecule has 0 aliphatic carbocycles. The van der Waals surface area contributed by atoms with E-state index in [2.05, 4.69) is 25.8 Å². The molecule has 1 amide bonds. The molecular weight excluding hydrogens is 530 g/mol. The number of aromatic hydroxyl groups is 2. The van der Waals surface area contributed by atoms with Gasteiger partial charge in [0, 0.05) is 18.3 Å². The van der Waals surface area contributed by atoms with Crippen LogP contribution in [0.3, 0.4) is 0 Å². The van der Waals surface area contributed by atoms with Gasteiger partial charge in [-0.15, -0.1) is 0 Å². The largest absolute Gasteiger partial charge is 0.494 e. The fourth-order valence-corrected chi connectivity index (χ4v) is 5.98. The lowest BCUT2D eigenvalue weighted by Gasteiger charge is -2.42. The van der Waals surface area contributed by atoms with E-state index in [4.69, 9.17) is 4.74 Å². The number of hydrogen-bond donors (Lipinski definition) is 2. The van der Waals surface area contributed by atoms with Crippen molar-refractivity contribution >= 4 is 11.9 Å². The van der Waals surface area contributed by atoms with E-state index >= 15 is 0 Å². The second kappa shape index (κ2) is 11.1. The Morgan fingerprint density at radius 1 is 1.00 bits per heavy atom. The second-order valence-electron chi connectivity index (χ2n) is 13.7. The molecule has 1 aliphatic rings. The van der Waals surface area contributed by atoms with Crippen LogP contribution in [0, 0.1) is 5.92 Å². The van der Waals surface area contributed by atoms with Crippen LogP contribution in [0.4, 0.5) is 0 Å². The summed E-state index contributed by atoms with van der Waals surface area (Å²) >= 11 is 0. The van der Waals surface area contributed by atoms with Crippen molar-refractivity contribution in [2.75, 3.05) is 0 Å². The molecule has 0 fully saturated rings. The van der Waals surface area contributed by atoms with Gasteiger partial charge in [-0.25, -0.2) is 4.79 Å². The smallest absolute Gasteiger partial charge is 0.337 e. The van der Waals surface area contributed by atoms with Crippen molar-refractivity contribution in [3.8, 4) is 11.8 Å². The average molecular weight is 576 g/mol. The molecule has 226 valence electrons. The summed E-state index contributed by atoms with van der Waals surface area (Å²) in [6.07, 6.45) is 2.41. The molecule has 1 aromatic carbocycles. The average Bonchev–Trinajstić information content (AvgIpc) is 3.33. The summed E-state index contributed by atoms with van der Waals surface area (Å²) in [5, 5.41) is 23.4. The van der Waals surface area contributed by atoms with Crippen LogP contribution in [0.5, 0.6) is 11.8 Å². The lowest BCUT2D eigenvalue weighted by molar-refractivity contribution is -0.170. The summed E-state index contributed by atoms with van der Waals surface area (Å²) in [6, 6.07) is 11.8. The van der Waals surface area contributed by atoms with Gasteiger partial charge in [-0.3, -0.25) is 14.3 Å². The third-order valence-electron chi connectivity index (χ3n) is 7.67. The Kier molecular flexibility index (Phi) is 8.24. The molecule has 0 saturated heterocycles. The van der Waals surface area contributed by atoms with Gasteiger partial charge in [0.15, 0.2) is 11.4 Å². The first-order valence-electron chi connectivity index (χ1n) is 14.8. The van der Waals surface area contributed by atoms with Crippen LogP contribution in [-0.4, -0.2) is 42.1 Å².